The fourth-order valence-electron chi connectivity index (χ4n) is 4.20. The second kappa shape index (κ2) is 7.75. The number of hydrogen-bond donors (Lipinski definition) is 0. The number of carbonyl (C=O) groups excluding carboxylic acids is 2. The Balaban J connectivity index is 1.97. The molecule has 2 heterocycles. The number of carbonyl (C=O) groups is 2. The minimum absolute atomic E-state index is 0.0317. The van der Waals surface area contributed by atoms with Crippen LogP contribution in [0.2, 0.25) is 0 Å². The summed E-state index contributed by atoms with van der Waals surface area (Å²) in [4.78, 5) is 29.6. The zero-order valence-corrected chi connectivity index (χ0v) is 17.0. The minimum atomic E-state index is -0.878. The molecule has 0 aliphatic carbocycles. The van der Waals surface area contributed by atoms with E-state index in [0.29, 0.717) is 18.7 Å². The third-order valence-corrected chi connectivity index (χ3v) is 5.91. The van der Waals surface area contributed by atoms with E-state index >= 15 is 0 Å². The zero-order valence-electron chi connectivity index (χ0n) is 17.0. The van der Waals surface area contributed by atoms with Gasteiger partial charge in [0, 0.05) is 19.2 Å². The molecule has 1 fully saturated rings. The van der Waals surface area contributed by atoms with Gasteiger partial charge in [-0.3, -0.25) is 14.5 Å². The molecule has 1 aliphatic rings. The van der Waals surface area contributed by atoms with Gasteiger partial charge in [0.05, 0.1) is 19.6 Å². The average molecular weight is 385 g/mol. The van der Waals surface area contributed by atoms with Crippen LogP contribution in [-0.4, -0.2) is 53.6 Å². The lowest BCUT2D eigenvalue weighted by Crippen LogP contribution is -2.47. The Morgan fingerprint density at radius 1 is 1.36 bits per heavy atom. The number of amides is 1. The summed E-state index contributed by atoms with van der Waals surface area (Å²) in [7, 11) is 5.02. The summed E-state index contributed by atoms with van der Waals surface area (Å²) in [5.74, 6) is -0.745. The van der Waals surface area contributed by atoms with Gasteiger partial charge in [0.25, 0.3) is 0 Å². The first-order chi connectivity index (χ1) is 13.3. The zero-order chi connectivity index (χ0) is 20.5. The van der Waals surface area contributed by atoms with Crippen molar-refractivity contribution in [2.75, 3.05) is 21.2 Å². The number of aromatic nitrogens is 1. The van der Waals surface area contributed by atoms with Gasteiger partial charge in [-0.05, 0) is 38.4 Å². The number of methoxy groups -OCH3 is 1. The van der Waals surface area contributed by atoms with E-state index in [2.05, 4.69) is 5.16 Å². The largest absolute Gasteiger partial charge is 0.468 e. The van der Waals surface area contributed by atoms with Gasteiger partial charge >= 0.3 is 5.97 Å². The first-order valence-electron chi connectivity index (χ1n) is 9.30. The number of aryl methyl sites for hydroxylation is 1. The summed E-state index contributed by atoms with van der Waals surface area (Å²) in [5.41, 5.74) is 1.94. The summed E-state index contributed by atoms with van der Waals surface area (Å²) in [5, 5.41) is 3.89. The molecule has 3 rings (SSSR count). The Morgan fingerprint density at radius 3 is 2.68 bits per heavy atom. The first kappa shape index (κ1) is 20.1. The standard InChI is InChI=1S/C21H27N3O4/c1-14-8-6-7-9-16(14)18-17(12-21(2,24(18)4)20(26)27-5)19(25)23(3)13-15-10-11-28-22-15/h6-11,17-18H,12-13H2,1-5H3/t17-,18-,21-/m1/s1. The lowest BCUT2D eigenvalue weighted by atomic mass is 9.87. The van der Waals surface area contributed by atoms with Crippen LogP contribution in [-0.2, 0) is 20.9 Å². The molecular formula is C21H27N3O4. The highest BCUT2D eigenvalue weighted by Gasteiger charge is 2.55. The van der Waals surface area contributed by atoms with Gasteiger partial charge in [-0.1, -0.05) is 29.4 Å². The highest BCUT2D eigenvalue weighted by molar-refractivity contribution is 5.86. The number of hydrogen-bond acceptors (Lipinski definition) is 6. The topological polar surface area (TPSA) is 75.9 Å². The molecule has 0 saturated carbocycles. The normalized spacial score (nSPS) is 24.9. The van der Waals surface area contributed by atoms with Gasteiger partial charge < -0.3 is 14.2 Å². The van der Waals surface area contributed by atoms with Crippen LogP contribution in [0.15, 0.2) is 41.1 Å². The predicted octanol–water partition coefficient (Wildman–Crippen LogP) is 2.57. The van der Waals surface area contributed by atoms with Crippen molar-refractivity contribution in [3.63, 3.8) is 0 Å². The van der Waals surface area contributed by atoms with Crippen LogP contribution in [0.5, 0.6) is 0 Å². The smallest absolute Gasteiger partial charge is 0.326 e. The maximum absolute atomic E-state index is 13.4. The van der Waals surface area contributed by atoms with Gasteiger partial charge in [0.15, 0.2) is 0 Å². The number of rotatable bonds is 5. The summed E-state index contributed by atoms with van der Waals surface area (Å²) >= 11 is 0. The quantitative estimate of drug-likeness (QED) is 0.737. The number of benzene rings is 1. The molecule has 7 nitrogen and oxygen atoms in total. The molecule has 0 N–H and O–H groups in total. The molecule has 0 spiro atoms. The molecule has 7 heteroatoms. The lowest BCUT2D eigenvalue weighted by molar-refractivity contribution is -0.152. The molecule has 0 radical (unpaired) electrons. The fraction of sp³-hybridized carbons (Fsp3) is 0.476. The molecule has 0 unspecified atom stereocenters. The Kier molecular flexibility index (Phi) is 5.56. The van der Waals surface area contributed by atoms with E-state index in [-0.39, 0.29) is 23.8 Å². The molecule has 1 aromatic carbocycles. The van der Waals surface area contributed by atoms with Gasteiger partial charge in [-0.25, -0.2) is 0 Å². The summed E-state index contributed by atoms with van der Waals surface area (Å²) < 4.78 is 9.93. The minimum Gasteiger partial charge on any atom is -0.468 e. The highest BCUT2D eigenvalue weighted by atomic mass is 16.5. The van der Waals surface area contributed by atoms with Crippen molar-refractivity contribution in [3.8, 4) is 0 Å². The Morgan fingerprint density at radius 2 is 2.07 bits per heavy atom. The molecule has 1 aromatic heterocycles. The van der Waals surface area contributed by atoms with Crippen LogP contribution >= 0.6 is 0 Å². The van der Waals surface area contributed by atoms with Gasteiger partial charge in [-0.2, -0.15) is 0 Å². The van der Waals surface area contributed by atoms with Crippen molar-refractivity contribution in [3.05, 3.63) is 53.4 Å². The summed E-state index contributed by atoms with van der Waals surface area (Å²) in [6, 6.07) is 9.50. The maximum Gasteiger partial charge on any atom is 0.326 e. The number of esters is 1. The van der Waals surface area contributed by atoms with Gasteiger partial charge in [0.2, 0.25) is 5.91 Å². The second-order valence-electron chi connectivity index (χ2n) is 7.67. The van der Waals surface area contributed by atoms with E-state index in [9.17, 15) is 9.59 Å². The molecule has 1 amide bonds. The Labute approximate surface area is 165 Å². The van der Waals surface area contributed by atoms with E-state index < -0.39 is 5.54 Å². The molecule has 1 saturated heterocycles. The molecule has 150 valence electrons. The summed E-state index contributed by atoms with van der Waals surface area (Å²) in [6.07, 6.45) is 1.87. The van der Waals surface area contributed by atoms with Crippen LogP contribution in [0.3, 0.4) is 0 Å². The van der Waals surface area contributed by atoms with E-state index in [1.165, 1.54) is 13.4 Å². The third-order valence-electron chi connectivity index (χ3n) is 5.91. The molecule has 3 atom stereocenters. The van der Waals surface area contributed by atoms with Crippen LogP contribution in [0.4, 0.5) is 0 Å². The highest BCUT2D eigenvalue weighted by Crippen LogP contribution is 2.47. The van der Waals surface area contributed by atoms with Crippen molar-refractivity contribution in [1.29, 1.82) is 0 Å². The second-order valence-corrected chi connectivity index (χ2v) is 7.67. The molecule has 0 bridgehead atoms. The van der Waals surface area contributed by atoms with E-state index in [1.807, 2.05) is 50.1 Å². The molecule has 28 heavy (non-hydrogen) atoms. The van der Waals surface area contributed by atoms with Crippen molar-refractivity contribution in [1.82, 2.24) is 15.0 Å². The SMILES string of the molecule is COC(=O)[C@@]1(C)C[C@@H](C(=O)N(C)Cc2ccon2)[C@@H](c2ccccc2C)N1C. The lowest BCUT2D eigenvalue weighted by Gasteiger charge is -2.34. The van der Waals surface area contributed by atoms with Crippen LogP contribution in [0.1, 0.15) is 36.2 Å². The van der Waals surface area contributed by atoms with Gasteiger partial charge in [-0.15, -0.1) is 0 Å². The van der Waals surface area contributed by atoms with Crippen LogP contribution in [0, 0.1) is 12.8 Å². The van der Waals surface area contributed by atoms with E-state index in [0.717, 1.165) is 11.1 Å². The third kappa shape index (κ3) is 3.42. The monoisotopic (exact) mass is 385 g/mol. The van der Waals surface area contributed by atoms with Crippen molar-refractivity contribution >= 4 is 11.9 Å². The predicted molar refractivity (Wildman–Crippen MR) is 103 cm³/mol. The number of ether oxygens (including phenoxy) is 1. The number of likely N-dealkylation sites (N-methyl/N-ethyl adjacent to an activating group) is 1. The van der Waals surface area contributed by atoms with Crippen molar-refractivity contribution < 1.29 is 18.8 Å². The maximum atomic E-state index is 13.4. The molecular weight excluding hydrogens is 358 g/mol. The van der Waals surface area contributed by atoms with E-state index in [1.54, 1.807) is 18.0 Å². The Hall–Kier alpha value is -2.67. The number of likely N-dealkylation sites (tertiary alicyclic amines) is 1. The summed E-state index contributed by atoms with van der Waals surface area (Å²) in [6.45, 7) is 4.22. The van der Waals surface area contributed by atoms with Crippen LogP contribution in [0.25, 0.3) is 0 Å². The first-order valence-corrected chi connectivity index (χ1v) is 9.30. The van der Waals surface area contributed by atoms with E-state index in [4.69, 9.17) is 9.26 Å². The number of nitrogens with zero attached hydrogens (tertiary/aromatic N) is 3. The Bertz CT molecular complexity index is 851. The fourth-order valence-corrected chi connectivity index (χ4v) is 4.20. The van der Waals surface area contributed by atoms with Gasteiger partial charge in [0.1, 0.15) is 17.5 Å². The molecule has 2 aromatic rings. The molecule has 1 aliphatic heterocycles. The average Bonchev–Trinajstić information content (AvgIpc) is 3.28. The van der Waals surface area contributed by atoms with Crippen LogP contribution < -0.4 is 0 Å². The van der Waals surface area contributed by atoms with Crippen molar-refractivity contribution in [2.24, 2.45) is 5.92 Å². The van der Waals surface area contributed by atoms with Crippen molar-refractivity contribution in [2.45, 2.75) is 38.4 Å².